The van der Waals surface area contributed by atoms with E-state index >= 15 is 0 Å². The van der Waals surface area contributed by atoms with Gasteiger partial charge >= 0.3 is 0 Å². The number of β-amino-alcohol motifs (C(OH)–C–C–N with tert-alkyl or cyclic N) is 1. The van der Waals surface area contributed by atoms with Crippen molar-refractivity contribution in [3.8, 4) is 0 Å². The molecule has 2 aromatic rings. The highest BCUT2D eigenvalue weighted by Crippen LogP contribution is 2.34. The molecule has 1 fully saturated rings. The van der Waals surface area contributed by atoms with E-state index in [1.165, 1.54) is 29.2 Å². The molecule has 2 aromatic carbocycles. The van der Waals surface area contributed by atoms with E-state index in [4.69, 9.17) is 11.6 Å². The maximum absolute atomic E-state index is 13.5. The molecule has 0 saturated carbocycles. The molecule has 0 aliphatic carbocycles. The van der Waals surface area contributed by atoms with Gasteiger partial charge in [0.25, 0.3) is 11.8 Å². The summed E-state index contributed by atoms with van der Waals surface area (Å²) in [7, 11) is 0. The second kappa shape index (κ2) is 9.18. The smallest absolute Gasteiger partial charge is 0.278 e. The second-order valence-corrected chi connectivity index (χ2v) is 7.98. The van der Waals surface area contributed by atoms with Crippen molar-refractivity contribution in [3.63, 3.8) is 0 Å². The fourth-order valence-electron chi connectivity index (χ4n) is 4.01. The van der Waals surface area contributed by atoms with Crippen LogP contribution >= 0.6 is 11.6 Å². The Morgan fingerprint density at radius 2 is 1.61 bits per heavy atom. The van der Waals surface area contributed by atoms with Gasteiger partial charge in [0.15, 0.2) is 0 Å². The number of hydrogen-bond acceptors (Lipinski definition) is 5. The van der Waals surface area contributed by atoms with E-state index in [0.717, 1.165) is 0 Å². The monoisotopic (exact) mass is 443 g/mol. The largest absolute Gasteiger partial charge is 0.395 e. The van der Waals surface area contributed by atoms with Crippen LogP contribution in [0.1, 0.15) is 11.1 Å². The standard InChI is InChI=1S/C23H23ClFN3O3/c24-19-4-2-1-3-17(19)15-28-22(30)20(16-5-7-18(25)8-6-16)21(23(28)31)27-11-9-26(10-12-27)13-14-29/h1-8,29H,9-15H2. The number of hydrogen-bond donors (Lipinski definition) is 1. The lowest BCUT2D eigenvalue weighted by molar-refractivity contribution is -0.138. The lowest BCUT2D eigenvalue weighted by Gasteiger charge is -2.36. The van der Waals surface area contributed by atoms with Gasteiger partial charge in [0.05, 0.1) is 18.7 Å². The van der Waals surface area contributed by atoms with E-state index in [2.05, 4.69) is 4.90 Å². The molecule has 0 atom stereocenters. The number of benzene rings is 2. The van der Waals surface area contributed by atoms with Gasteiger partial charge in [0.1, 0.15) is 11.5 Å². The summed E-state index contributed by atoms with van der Waals surface area (Å²) in [6.45, 7) is 3.17. The predicted octanol–water partition coefficient (Wildman–Crippen LogP) is 2.37. The van der Waals surface area contributed by atoms with Crippen LogP contribution in [0.5, 0.6) is 0 Å². The Kier molecular flexibility index (Phi) is 6.36. The number of rotatable bonds is 6. The molecule has 0 aromatic heterocycles. The third kappa shape index (κ3) is 4.35. The first kappa shape index (κ1) is 21.5. The molecule has 0 bridgehead atoms. The zero-order chi connectivity index (χ0) is 22.0. The highest BCUT2D eigenvalue weighted by molar-refractivity contribution is 6.35. The van der Waals surface area contributed by atoms with Gasteiger partial charge in [-0.1, -0.05) is 41.9 Å². The number of imide groups is 1. The Hall–Kier alpha value is -2.74. The van der Waals surface area contributed by atoms with Gasteiger partial charge in [-0.3, -0.25) is 19.4 Å². The fraction of sp³-hybridized carbons (Fsp3) is 0.304. The van der Waals surface area contributed by atoms with Gasteiger partial charge in [-0.05, 0) is 29.3 Å². The Balaban J connectivity index is 1.68. The molecule has 6 nitrogen and oxygen atoms in total. The van der Waals surface area contributed by atoms with Crippen molar-refractivity contribution >= 4 is 29.0 Å². The Morgan fingerprint density at radius 1 is 0.935 bits per heavy atom. The summed E-state index contributed by atoms with van der Waals surface area (Å²) in [6.07, 6.45) is 0. The Labute approximate surface area is 185 Å². The lowest BCUT2D eigenvalue weighted by Crippen LogP contribution is -2.48. The van der Waals surface area contributed by atoms with Gasteiger partial charge in [-0.2, -0.15) is 0 Å². The molecule has 0 spiro atoms. The van der Waals surface area contributed by atoms with Crippen molar-refractivity contribution in [1.29, 1.82) is 0 Å². The van der Waals surface area contributed by atoms with E-state index in [9.17, 15) is 19.1 Å². The average Bonchev–Trinajstić information content (AvgIpc) is 3.01. The number of amides is 2. The van der Waals surface area contributed by atoms with Crippen LogP contribution in [0.25, 0.3) is 5.57 Å². The Morgan fingerprint density at radius 3 is 2.26 bits per heavy atom. The van der Waals surface area contributed by atoms with Crippen molar-refractivity contribution in [2.45, 2.75) is 6.54 Å². The molecule has 0 unspecified atom stereocenters. The van der Waals surface area contributed by atoms with Crippen LogP contribution in [0.4, 0.5) is 4.39 Å². The maximum Gasteiger partial charge on any atom is 0.278 e. The minimum Gasteiger partial charge on any atom is -0.395 e. The van der Waals surface area contributed by atoms with Crippen LogP contribution in [0.3, 0.4) is 0 Å². The molecular formula is C23H23ClFN3O3. The molecule has 8 heteroatoms. The first-order valence-electron chi connectivity index (χ1n) is 10.2. The van der Waals surface area contributed by atoms with Gasteiger partial charge in [-0.25, -0.2) is 4.39 Å². The summed E-state index contributed by atoms with van der Waals surface area (Å²) in [5.74, 6) is -1.20. The van der Waals surface area contributed by atoms with Gasteiger partial charge < -0.3 is 10.0 Å². The highest BCUT2D eigenvalue weighted by Gasteiger charge is 2.42. The summed E-state index contributed by atoms with van der Waals surface area (Å²) >= 11 is 6.26. The quantitative estimate of drug-likeness (QED) is 0.694. The minimum atomic E-state index is -0.413. The molecule has 4 rings (SSSR count). The molecule has 162 valence electrons. The number of halogens is 2. The first-order chi connectivity index (χ1) is 15.0. The van der Waals surface area contributed by atoms with E-state index < -0.39 is 11.7 Å². The first-order valence-corrected chi connectivity index (χ1v) is 10.6. The van der Waals surface area contributed by atoms with E-state index in [-0.39, 0.29) is 24.6 Å². The van der Waals surface area contributed by atoms with Crippen molar-refractivity contribution in [3.05, 3.63) is 76.2 Å². The number of aliphatic hydroxyl groups is 1. The summed E-state index contributed by atoms with van der Waals surface area (Å²) in [5, 5.41) is 9.66. The third-order valence-electron chi connectivity index (χ3n) is 5.67. The van der Waals surface area contributed by atoms with E-state index in [1.807, 2.05) is 11.0 Å². The maximum atomic E-state index is 13.5. The van der Waals surface area contributed by atoms with Crippen LogP contribution in [-0.4, -0.2) is 71.0 Å². The molecule has 2 heterocycles. The second-order valence-electron chi connectivity index (χ2n) is 7.57. The summed E-state index contributed by atoms with van der Waals surface area (Å²) in [4.78, 5) is 32.0. The van der Waals surface area contributed by atoms with Crippen LogP contribution in [0.15, 0.2) is 54.2 Å². The number of carbonyl (C=O) groups is 2. The fourth-order valence-corrected chi connectivity index (χ4v) is 4.21. The SMILES string of the molecule is O=C1C(c2ccc(F)cc2)=C(N2CCN(CCO)CC2)C(=O)N1Cc1ccccc1Cl. The number of piperazine rings is 1. The van der Waals surface area contributed by atoms with Crippen LogP contribution in [-0.2, 0) is 16.1 Å². The highest BCUT2D eigenvalue weighted by atomic mass is 35.5. The Bertz CT molecular complexity index is 1020. The average molecular weight is 444 g/mol. The normalized spacial score (nSPS) is 17.8. The topological polar surface area (TPSA) is 64.1 Å². The van der Waals surface area contributed by atoms with Gasteiger partial charge in [-0.15, -0.1) is 0 Å². The zero-order valence-corrected chi connectivity index (χ0v) is 17.7. The van der Waals surface area contributed by atoms with Crippen molar-refractivity contribution in [1.82, 2.24) is 14.7 Å². The molecule has 2 amide bonds. The van der Waals surface area contributed by atoms with Crippen molar-refractivity contribution in [2.24, 2.45) is 0 Å². The molecule has 2 aliphatic rings. The van der Waals surface area contributed by atoms with Crippen LogP contribution in [0, 0.1) is 5.82 Å². The third-order valence-corrected chi connectivity index (χ3v) is 6.04. The lowest BCUT2D eigenvalue weighted by atomic mass is 10.0. The summed E-state index contributed by atoms with van der Waals surface area (Å²) in [5.41, 5.74) is 1.81. The number of nitrogens with zero attached hydrogens (tertiary/aromatic N) is 3. The minimum absolute atomic E-state index is 0.0655. The molecule has 1 saturated heterocycles. The van der Waals surface area contributed by atoms with E-state index in [1.54, 1.807) is 18.2 Å². The van der Waals surface area contributed by atoms with Crippen LogP contribution in [0.2, 0.25) is 5.02 Å². The van der Waals surface area contributed by atoms with Gasteiger partial charge in [0.2, 0.25) is 0 Å². The summed E-state index contributed by atoms with van der Waals surface area (Å²) < 4.78 is 13.5. The van der Waals surface area contributed by atoms with E-state index in [0.29, 0.717) is 54.6 Å². The number of carbonyl (C=O) groups excluding carboxylic acids is 2. The summed E-state index contributed by atoms with van der Waals surface area (Å²) in [6, 6.07) is 12.7. The predicted molar refractivity (Wildman–Crippen MR) is 115 cm³/mol. The molecule has 1 N–H and O–H groups in total. The molecule has 0 radical (unpaired) electrons. The molecule has 2 aliphatic heterocycles. The van der Waals surface area contributed by atoms with Crippen LogP contribution < -0.4 is 0 Å². The van der Waals surface area contributed by atoms with Gasteiger partial charge in [0, 0.05) is 37.7 Å². The zero-order valence-electron chi connectivity index (χ0n) is 16.9. The number of aliphatic hydroxyl groups excluding tert-OH is 1. The van der Waals surface area contributed by atoms with Crippen molar-refractivity contribution in [2.75, 3.05) is 39.3 Å². The molecular weight excluding hydrogens is 421 g/mol. The van der Waals surface area contributed by atoms with Crippen molar-refractivity contribution < 1.29 is 19.1 Å². The molecule has 31 heavy (non-hydrogen) atoms.